The Morgan fingerprint density at radius 1 is 0.792 bits per heavy atom. The van der Waals surface area contributed by atoms with Gasteiger partial charge in [0.25, 0.3) is 0 Å². The van der Waals surface area contributed by atoms with Crippen molar-refractivity contribution in [2.45, 2.75) is 0 Å². The smallest absolute Gasteiger partial charge is 0.121 e. The number of para-hydroxylation sites is 1. The Labute approximate surface area is 142 Å². The summed E-state index contributed by atoms with van der Waals surface area (Å²) in [5.74, 6) is 7.20. The van der Waals surface area contributed by atoms with Crippen molar-refractivity contribution in [1.29, 1.82) is 0 Å². The van der Waals surface area contributed by atoms with Gasteiger partial charge in [-0.15, -0.1) is 0 Å². The van der Waals surface area contributed by atoms with Crippen molar-refractivity contribution >= 4 is 11.4 Å². The molecular weight excluding hydrogens is 294 g/mol. The maximum Gasteiger partial charge on any atom is 0.121 e. The van der Waals surface area contributed by atoms with Gasteiger partial charge in [-0.3, -0.25) is 0 Å². The molecule has 0 radical (unpaired) electrons. The highest BCUT2D eigenvalue weighted by Gasteiger charge is 2.00. The third kappa shape index (κ3) is 4.12. The second-order valence-electron chi connectivity index (χ2n) is 5.14. The fraction of sp³-hybridized carbons (Fsp3) is 0.0455. The first-order valence-corrected chi connectivity index (χ1v) is 7.70. The molecule has 2 nitrogen and oxygen atoms in total. The molecule has 2 heteroatoms. The molecule has 24 heavy (non-hydrogen) atoms. The summed E-state index contributed by atoms with van der Waals surface area (Å²) < 4.78 is 5.17. The van der Waals surface area contributed by atoms with Crippen molar-refractivity contribution in [3.63, 3.8) is 0 Å². The highest BCUT2D eigenvalue weighted by molar-refractivity contribution is 6.14. The third-order valence-corrected chi connectivity index (χ3v) is 3.46. The third-order valence-electron chi connectivity index (χ3n) is 3.46. The first-order valence-electron chi connectivity index (χ1n) is 7.70. The minimum Gasteiger partial charge on any atom is -0.497 e. The molecule has 0 amide bonds. The second kappa shape index (κ2) is 7.80. The Kier molecular flexibility index (Phi) is 5.07. The largest absolute Gasteiger partial charge is 0.497 e. The number of methoxy groups -OCH3 is 1. The Bertz CT molecular complexity index is 870. The Balaban J connectivity index is 1.97. The standard InChI is InChI=1S/C22H17NO/c1-24-21-15-12-18(13-16-21)14-17-22(19-8-4-2-5-9-19)23-20-10-6-3-7-11-20/h2-13,15-16H,1H3. The van der Waals surface area contributed by atoms with Crippen LogP contribution < -0.4 is 4.74 Å². The van der Waals surface area contributed by atoms with Crippen molar-refractivity contribution in [2.24, 2.45) is 4.99 Å². The summed E-state index contributed by atoms with van der Waals surface area (Å²) in [6.45, 7) is 0. The van der Waals surface area contributed by atoms with Gasteiger partial charge in [0.2, 0.25) is 0 Å². The summed E-state index contributed by atoms with van der Waals surface area (Å²) in [6, 6.07) is 27.6. The van der Waals surface area contributed by atoms with Gasteiger partial charge < -0.3 is 4.74 Å². The molecule has 0 aliphatic rings. The van der Waals surface area contributed by atoms with E-state index < -0.39 is 0 Å². The van der Waals surface area contributed by atoms with Gasteiger partial charge in [-0.25, -0.2) is 4.99 Å². The van der Waals surface area contributed by atoms with Gasteiger partial charge in [-0.2, -0.15) is 0 Å². The van der Waals surface area contributed by atoms with E-state index in [1.165, 1.54) is 0 Å². The number of hydrogen-bond donors (Lipinski definition) is 0. The van der Waals surface area contributed by atoms with Gasteiger partial charge in [0, 0.05) is 11.1 Å². The number of nitrogens with zero attached hydrogens (tertiary/aromatic N) is 1. The second-order valence-corrected chi connectivity index (χ2v) is 5.14. The van der Waals surface area contributed by atoms with Gasteiger partial charge in [0.05, 0.1) is 12.8 Å². The Morgan fingerprint density at radius 3 is 2.04 bits per heavy atom. The van der Waals surface area contributed by atoms with E-state index >= 15 is 0 Å². The maximum atomic E-state index is 5.17. The van der Waals surface area contributed by atoms with Crippen molar-refractivity contribution in [2.75, 3.05) is 7.11 Å². The van der Waals surface area contributed by atoms with E-state index in [2.05, 4.69) is 11.8 Å². The zero-order chi connectivity index (χ0) is 16.6. The maximum absolute atomic E-state index is 5.17. The molecule has 0 atom stereocenters. The lowest BCUT2D eigenvalue weighted by Gasteiger charge is -2.01. The first-order chi connectivity index (χ1) is 11.8. The van der Waals surface area contributed by atoms with Gasteiger partial charge in [0.1, 0.15) is 11.5 Å². The summed E-state index contributed by atoms with van der Waals surface area (Å²) in [4.78, 5) is 4.70. The van der Waals surface area contributed by atoms with Crippen LogP contribution in [0.3, 0.4) is 0 Å². The van der Waals surface area contributed by atoms with E-state index in [1.807, 2.05) is 84.9 Å². The molecule has 3 aromatic rings. The predicted octanol–water partition coefficient (Wildman–Crippen LogP) is 4.87. The van der Waals surface area contributed by atoms with Crippen LogP contribution in [0, 0.1) is 11.8 Å². The number of hydrogen-bond acceptors (Lipinski definition) is 2. The van der Waals surface area contributed by atoms with Crippen LogP contribution in [0.2, 0.25) is 0 Å². The van der Waals surface area contributed by atoms with Crippen LogP contribution in [0.15, 0.2) is 89.9 Å². The first kappa shape index (κ1) is 15.6. The van der Waals surface area contributed by atoms with E-state index in [-0.39, 0.29) is 0 Å². The van der Waals surface area contributed by atoms with E-state index in [9.17, 15) is 0 Å². The molecule has 0 aliphatic carbocycles. The van der Waals surface area contributed by atoms with Crippen LogP contribution in [0.4, 0.5) is 5.69 Å². The predicted molar refractivity (Wildman–Crippen MR) is 99.0 cm³/mol. The number of rotatable bonds is 3. The SMILES string of the molecule is COc1ccc(C#CC(=Nc2ccccc2)c2ccccc2)cc1. The lowest BCUT2D eigenvalue weighted by atomic mass is 10.1. The fourth-order valence-corrected chi connectivity index (χ4v) is 2.20. The highest BCUT2D eigenvalue weighted by Crippen LogP contribution is 2.14. The van der Waals surface area contributed by atoms with Crippen LogP contribution in [0.25, 0.3) is 0 Å². The quantitative estimate of drug-likeness (QED) is 0.499. The van der Waals surface area contributed by atoms with Crippen LogP contribution in [0.1, 0.15) is 11.1 Å². The minimum absolute atomic E-state index is 0.748. The van der Waals surface area contributed by atoms with Crippen LogP contribution >= 0.6 is 0 Å². The van der Waals surface area contributed by atoms with E-state index in [1.54, 1.807) is 7.11 Å². The summed E-state index contributed by atoms with van der Waals surface area (Å²) in [7, 11) is 1.65. The molecule has 0 heterocycles. The number of ether oxygens (including phenoxy) is 1. The number of benzene rings is 3. The molecule has 0 spiro atoms. The van der Waals surface area contributed by atoms with Crippen molar-refractivity contribution in [1.82, 2.24) is 0 Å². The summed E-state index contributed by atoms with van der Waals surface area (Å²) in [6.07, 6.45) is 0. The Hall–Kier alpha value is -3.31. The molecule has 116 valence electrons. The minimum atomic E-state index is 0.748. The monoisotopic (exact) mass is 311 g/mol. The molecule has 3 aromatic carbocycles. The van der Waals surface area contributed by atoms with Crippen LogP contribution in [0.5, 0.6) is 5.75 Å². The molecule has 0 bridgehead atoms. The lowest BCUT2D eigenvalue weighted by molar-refractivity contribution is 0.415. The Morgan fingerprint density at radius 2 is 1.42 bits per heavy atom. The number of aliphatic imine (C=N–C) groups is 1. The van der Waals surface area contributed by atoms with E-state index in [0.717, 1.165) is 28.3 Å². The summed E-state index contributed by atoms with van der Waals surface area (Å²) in [5, 5.41) is 0. The highest BCUT2D eigenvalue weighted by atomic mass is 16.5. The summed E-state index contributed by atoms with van der Waals surface area (Å²) >= 11 is 0. The summed E-state index contributed by atoms with van der Waals surface area (Å²) in [5.41, 5.74) is 3.56. The van der Waals surface area contributed by atoms with E-state index in [4.69, 9.17) is 9.73 Å². The molecule has 3 rings (SSSR count). The molecule has 0 N–H and O–H groups in total. The fourth-order valence-electron chi connectivity index (χ4n) is 2.20. The molecular formula is C22H17NO. The topological polar surface area (TPSA) is 21.6 Å². The van der Waals surface area contributed by atoms with E-state index in [0.29, 0.717) is 0 Å². The molecule has 0 aliphatic heterocycles. The van der Waals surface area contributed by atoms with Gasteiger partial charge in [-0.1, -0.05) is 54.5 Å². The van der Waals surface area contributed by atoms with Gasteiger partial charge in [0.15, 0.2) is 0 Å². The average molecular weight is 311 g/mol. The molecule has 0 saturated carbocycles. The van der Waals surface area contributed by atoms with Gasteiger partial charge >= 0.3 is 0 Å². The molecule has 0 saturated heterocycles. The van der Waals surface area contributed by atoms with Crippen LogP contribution in [-0.4, -0.2) is 12.8 Å². The van der Waals surface area contributed by atoms with Crippen molar-refractivity contribution in [3.8, 4) is 17.6 Å². The molecule has 0 aromatic heterocycles. The average Bonchev–Trinajstić information content (AvgIpc) is 2.67. The molecule has 0 unspecified atom stereocenters. The zero-order valence-electron chi connectivity index (χ0n) is 13.4. The van der Waals surface area contributed by atoms with Crippen molar-refractivity contribution in [3.05, 3.63) is 96.1 Å². The lowest BCUT2D eigenvalue weighted by Crippen LogP contribution is -1.96. The van der Waals surface area contributed by atoms with Crippen molar-refractivity contribution < 1.29 is 4.74 Å². The zero-order valence-corrected chi connectivity index (χ0v) is 13.4. The molecule has 0 fully saturated rings. The van der Waals surface area contributed by atoms with Crippen LogP contribution in [-0.2, 0) is 0 Å². The normalized spacial score (nSPS) is 10.6. The van der Waals surface area contributed by atoms with Gasteiger partial charge in [-0.05, 0) is 42.3 Å².